The molecule has 0 rings (SSSR count). The van der Waals surface area contributed by atoms with Gasteiger partial charge in [-0.05, 0) is 89.5 Å². The van der Waals surface area contributed by atoms with Crippen LogP contribution in [0.5, 0.6) is 0 Å². The van der Waals surface area contributed by atoms with Crippen LogP contribution in [-0.2, 0) is 27.9 Å². The third-order valence-electron chi connectivity index (χ3n) is 10.9. The highest BCUT2D eigenvalue weighted by Crippen LogP contribution is 2.38. The van der Waals surface area contributed by atoms with Gasteiger partial charge in [0.05, 0.1) is 33.8 Å². The first-order chi connectivity index (χ1) is 30.9. The second-order valence-electron chi connectivity index (χ2n) is 18.3. The summed E-state index contributed by atoms with van der Waals surface area (Å²) >= 11 is 0. The molecule has 0 aromatic carbocycles. The van der Waals surface area contributed by atoms with Crippen molar-refractivity contribution in [1.29, 1.82) is 0 Å². The summed E-state index contributed by atoms with van der Waals surface area (Å²) < 4.78 is 30.0. The molecule has 0 spiro atoms. The number of phosphoric acid groups is 1. The third-order valence-corrected chi connectivity index (χ3v) is 11.8. The Balaban J connectivity index is 5.48. The summed E-state index contributed by atoms with van der Waals surface area (Å²) in [6.07, 6.45) is 54.4. The van der Waals surface area contributed by atoms with E-state index in [1.165, 1.54) is 57.8 Å². The number of nitrogens with one attached hydrogen (secondary N) is 1. The SMILES string of the molecule is CC/C=C/C/C=C/C/C=C/C/C=C/CCCCCC(=O)NC(COP(=O)([O-])OCC[N+](C)(C)C)C(/C=C\CCCCCCCCCCC)OC(=O)CCCCCCC/C=C\CCCC. The molecule has 9 nitrogen and oxygen atoms in total. The number of esters is 1. The van der Waals surface area contributed by atoms with Crippen molar-refractivity contribution in [3.63, 3.8) is 0 Å². The molecule has 3 unspecified atom stereocenters. The maximum absolute atomic E-state index is 13.4. The first-order valence-corrected chi connectivity index (χ1v) is 27.2. The van der Waals surface area contributed by atoms with Gasteiger partial charge in [-0.25, -0.2) is 0 Å². The standard InChI is InChI=1S/C54H97N2O7P/c1-7-10-13-16-19-22-25-26-27-28-29-32-34-37-40-43-46-53(57)55-51(50-62-64(59,60)61-49-48-56(4,5)6)52(45-42-39-36-33-30-23-20-17-14-11-8-2)63-54(58)47-44-41-38-35-31-24-21-18-15-12-9-3/h10,13,18-19,21-22,26-27,29,32,42,45,51-52H,7-9,11-12,14-17,20,23-25,28,30-31,33-41,43-44,46-50H2,1-6H3,(H-,55,57,59,60)/b13-10+,21-18-,22-19+,27-26+,32-29+,45-42-. The number of likely N-dealkylation sites (N-methyl/N-ethyl adjacent to an activating group) is 1. The summed E-state index contributed by atoms with van der Waals surface area (Å²) in [5, 5.41) is 2.98. The predicted octanol–water partition coefficient (Wildman–Crippen LogP) is 14.3. The minimum Gasteiger partial charge on any atom is -0.756 e. The minimum absolute atomic E-state index is 0.0328. The molecule has 0 fully saturated rings. The van der Waals surface area contributed by atoms with Gasteiger partial charge < -0.3 is 28.5 Å². The minimum atomic E-state index is -4.70. The quantitative estimate of drug-likeness (QED) is 0.0213. The Morgan fingerprint density at radius 1 is 0.562 bits per heavy atom. The molecule has 0 saturated carbocycles. The molecule has 0 aromatic rings. The van der Waals surface area contributed by atoms with E-state index < -0.39 is 26.6 Å². The topological polar surface area (TPSA) is 114 Å². The van der Waals surface area contributed by atoms with Crippen LogP contribution in [0.1, 0.15) is 207 Å². The van der Waals surface area contributed by atoms with Crippen LogP contribution in [0.4, 0.5) is 0 Å². The predicted molar refractivity (Wildman–Crippen MR) is 270 cm³/mol. The largest absolute Gasteiger partial charge is 0.756 e. The van der Waals surface area contributed by atoms with Gasteiger partial charge in [-0.1, -0.05) is 177 Å². The number of carbonyl (C=O) groups is 2. The molecule has 0 aromatic heterocycles. The van der Waals surface area contributed by atoms with Gasteiger partial charge in [0.1, 0.15) is 19.3 Å². The molecule has 1 N–H and O–H groups in total. The van der Waals surface area contributed by atoms with Crippen molar-refractivity contribution < 1.29 is 37.3 Å². The fraction of sp³-hybridized carbons (Fsp3) is 0.741. The van der Waals surface area contributed by atoms with Crippen molar-refractivity contribution in [3.8, 4) is 0 Å². The average Bonchev–Trinajstić information content (AvgIpc) is 3.25. The summed E-state index contributed by atoms with van der Waals surface area (Å²) in [6, 6.07) is -0.908. The van der Waals surface area contributed by atoms with E-state index in [-0.39, 0.29) is 31.3 Å². The highest BCUT2D eigenvalue weighted by atomic mass is 31.2. The Labute approximate surface area is 393 Å². The zero-order chi connectivity index (χ0) is 47.3. The van der Waals surface area contributed by atoms with Crippen molar-refractivity contribution in [2.24, 2.45) is 0 Å². The van der Waals surface area contributed by atoms with E-state index in [0.717, 1.165) is 103 Å². The lowest BCUT2D eigenvalue weighted by Crippen LogP contribution is -2.47. The number of phosphoric ester groups is 1. The maximum atomic E-state index is 13.4. The molecule has 3 atom stereocenters. The number of quaternary nitrogens is 1. The molecule has 0 heterocycles. The van der Waals surface area contributed by atoms with Crippen molar-refractivity contribution in [3.05, 3.63) is 72.9 Å². The Morgan fingerprint density at radius 2 is 1.02 bits per heavy atom. The van der Waals surface area contributed by atoms with Gasteiger partial charge in [0.15, 0.2) is 0 Å². The first-order valence-electron chi connectivity index (χ1n) is 25.7. The Kier molecular flexibility index (Phi) is 42.5. The molecule has 0 saturated heterocycles. The molecule has 0 bridgehead atoms. The number of rotatable bonds is 45. The highest BCUT2D eigenvalue weighted by Gasteiger charge is 2.27. The zero-order valence-electron chi connectivity index (χ0n) is 42.0. The second-order valence-corrected chi connectivity index (χ2v) is 19.7. The number of hydrogen-bond acceptors (Lipinski definition) is 7. The van der Waals surface area contributed by atoms with Gasteiger partial charge >= 0.3 is 5.97 Å². The Hall–Kier alpha value is -2.55. The molecule has 64 heavy (non-hydrogen) atoms. The number of allylic oxidation sites excluding steroid dienone is 11. The Morgan fingerprint density at radius 3 is 1.58 bits per heavy atom. The van der Waals surface area contributed by atoms with E-state index in [2.05, 4.69) is 86.8 Å². The lowest BCUT2D eigenvalue weighted by molar-refractivity contribution is -0.870. The normalized spacial score (nSPS) is 14.5. The zero-order valence-corrected chi connectivity index (χ0v) is 42.9. The van der Waals surface area contributed by atoms with Crippen LogP contribution in [0.15, 0.2) is 72.9 Å². The van der Waals surface area contributed by atoms with Gasteiger partial charge in [0.25, 0.3) is 7.82 Å². The van der Waals surface area contributed by atoms with Crippen molar-refractivity contribution in [2.75, 3.05) is 40.9 Å². The van der Waals surface area contributed by atoms with Crippen LogP contribution in [0.2, 0.25) is 0 Å². The molecule has 1 amide bonds. The van der Waals surface area contributed by atoms with Crippen LogP contribution < -0.4 is 10.2 Å². The van der Waals surface area contributed by atoms with Gasteiger partial charge in [0.2, 0.25) is 5.91 Å². The Bertz CT molecular complexity index is 1330. The summed E-state index contributed by atoms with van der Waals surface area (Å²) in [5.74, 6) is -0.596. The lowest BCUT2D eigenvalue weighted by atomic mass is 10.1. The van der Waals surface area contributed by atoms with Crippen LogP contribution in [-0.4, -0.2) is 69.4 Å². The molecule has 10 heteroatoms. The summed E-state index contributed by atoms with van der Waals surface area (Å²) in [6.45, 7) is 6.62. The summed E-state index contributed by atoms with van der Waals surface area (Å²) in [4.78, 5) is 39.6. The fourth-order valence-corrected chi connectivity index (χ4v) is 7.57. The van der Waals surface area contributed by atoms with E-state index in [4.69, 9.17) is 13.8 Å². The van der Waals surface area contributed by atoms with E-state index in [9.17, 15) is 19.0 Å². The molecule has 370 valence electrons. The van der Waals surface area contributed by atoms with Crippen LogP contribution >= 0.6 is 7.82 Å². The van der Waals surface area contributed by atoms with E-state index >= 15 is 0 Å². The molecule has 0 aliphatic carbocycles. The molecule has 0 aliphatic heterocycles. The number of hydrogen-bond donors (Lipinski definition) is 1. The summed E-state index contributed by atoms with van der Waals surface area (Å²) in [5.41, 5.74) is 0. The lowest BCUT2D eigenvalue weighted by Gasteiger charge is -2.30. The number of carbonyl (C=O) groups excluding carboxylic acids is 2. The smallest absolute Gasteiger partial charge is 0.306 e. The van der Waals surface area contributed by atoms with Crippen LogP contribution in [0.25, 0.3) is 0 Å². The number of unbranched alkanes of at least 4 members (excludes halogenated alkanes) is 19. The van der Waals surface area contributed by atoms with Crippen molar-refractivity contribution in [2.45, 2.75) is 219 Å². The van der Waals surface area contributed by atoms with Crippen LogP contribution in [0, 0.1) is 0 Å². The van der Waals surface area contributed by atoms with Crippen molar-refractivity contribution >= 4 is 19.7 Å². The number of ether oxygens (including phenoxy) is 1. The first kappa shape index (κ1) is 61.5. The van der Waals surface area contributed by atoms with Gasteiger partial charge in [-0.3, -0.25) is 14.2 Å². The number of nitrogens with zero attached hydrogens (tertiary/aromatic N) is 1. The maximum Gasteiger partial charge on any atom is 0.306 e. The monoisotopic (exact) mass is 917 g/mol. The van der Waals surface area contributed by atoms with Gasteiger partial charge in [-0.2, -0.15) is 0 Å². The number of amides is 1. The fourth-order valence-electron chi connectivity index (χ4n) is 6.84. The van der Waals surface area contributed by atoms with Crippen molar-refractivity contribution in [1.82, 2.24) is 5.32 Å². The van der Waals surface area contributed by atoms with E-state index in [1.807, 2.05) is 33.3 Å². The van der Waals surface area contributed by atoms with Gasteiger partial charge in [-0.15, -0.1) is 0 Å². The molecular formula is C54H97N2O7P. The molecule has 0 radical (unpaired) electrons. The highest BCUT2D eigenvalue weighted by molar-refractivity contribution is 7.45. The molecule has 0 aliphatic rings. The average molecular weight is 917 g/mol. The van der Waals surface area contributed by atoms with Crippen LogP contribution in [0.3, 0.4) is 0 Å². The third kappa shape index (κ3) is 44.6. The van der Waals surface area contributed by atoms with E-state index in [0.29, 0.717) is 23.9 Å². The second kappa shape index (κ2) is 44.3. The van der Waals surface area contributed by atoms with Gasteiger partial charge in [0, 0.05) is 12.8 Å². The summed E-state index contributed by atoms with van der Waals surface area (Å²) in [7, 11) is 1.15. The van der Waals surface area contributed by atoms with E-state index in [1.54, 1.807) is 0 Å². The molecular weight excluding hydrogens is 820 g/mol.